The van der Waals surface area contributed by atoms with Crippen molar-refractivity contribution in [2.24, 2.45) is 0 Å². The van der Waals surface area contributed by atoms with Crippen LogP contribution in [0, 0.1) is 5.82 Å². The first-order valence-corrected chi connectivity index (χ1v) is 8.20. The van der Waals surface area contributed by atoms with Crippen molar-refractivity contribution in [1.82, 2.24) is 9.55 Å². The van der Waals surface area contributed by atoms with Gasteiger partial charge in [0.1, 0.15) is 0 Å². The maximum atomic E-state index is 13.7. The summed E-state index contributed by atoms with van der Waals surface area (Å²) in [6.45, 7) is 2.71. The van der Waals surface area contributed by atoms with Crippen molar-refractivity contribution in [3.63, 3.8) is 0 Å². The minimum absolute atomic E-state index is 0.152. The topological polar surface area (TPSA) is 56.2 Å². The van der Waals surface area contributed by atoms with Gasteiger partial charge in [-0.2, -0.15) is 0 Å². The Hall–Kier alpha value is -2.89. The third-order valence-electron chi connectivity index (χ3n) is 4.08. The number of nitrogens with zero attached hydrogens (tertiary/aromatic N) is 2. The fraction of sp³-hybridized carbons (Fsp3) is 0.263. The Morgan fingerprint density at radius 3 is 2.80 bits per heavy atom. The van der Waals surface area contributed by atoms with Gasteiger partial charge in [0.2, 0.25) is 11.9 Å². The van der Waals surface area contributed by atoms with Crippen molar-refractivity contribution in [3.8, 4) is 5.75 Å². The number of rotatable bonds is 6. The quantitative estimate of drug-likeness (QED) is 0.742. The summed E-state index contributed by atoms with van der Waals surface area (Å²) in [5.74, 6) is 0.161. The summed E-state index contributed by atoms with van der Waals surface area (Å²) >= 11 is 0. The number of carbonyl (C=O) groups is 1. The lowest BCUT2D eigenvalue weighted by Gasteiger charge is -2.08. The summed E-state index contributed by atoms with van der Waals surface area (Å²) in [4.78, 5) is 16.7. The largest absolute Gasteiger partial charge is 0.494 e. The Bertz CT molecular complexity index is 905. The van der Waals surface area contributed by atoms with E-state index in [1.54, 1.807) is 12.1 Å². The van der Waals surface area contributed by atoms with Gasteiger partial charge in [-0.3, -0.25) is 10.1 Å². The number of aryl methyl sites for hydroxylation is 2. The SMILES string of the molecule is CCn1c(NC(=O)CCc2ccc(OC)c(F)c2)nc2ccccc21. The minimum Gasteiger partial charge on any atom is -0.494 e. The monoisotopic (exact) mass is 341 g/mol. The molecule has 1 N–H and O–H groups in total. The van der Waals surface area contributed by atoms with Crippen molar-refractivity contribution in [3.05, 3.63) is 53.8 Å². The number of methoxy groups -OCH3 is 1. The van der Waals surface area contributed by atoms with E-state index in [1.807, 2.05) is 35.8 Å². The molecule has 0 saturated carbocycles. The highest BCUT2D eigenvalue weighted by atomic mass is 19.1. The van der Waals surface area contributed by atoms with Crippen molar-refractivity contribution >= 4 is 22.9 Å². The van der Waals surface area contributed by atoms with E-state index >= 15 is 0 Å². The molecule has 0 spiro atoms. The van der Waals surface area contributed by atoms with Crippen LogP contribution in [0.5, 0.6) is 5.75 Å². The van der Waals surface area contributed by atoms with Crippen LogP contribution in [0.4, 0.5) is 10.3 Å². The predicted octanol–water partition coefficient (Wildman–Crippen LogP) is 3.78. The van der Waals surface area contributed by atoms with Gasteiger partial charge in [0.25, 0.3) is 0 Å². The van der Waals surface area contributed by atoms with Crippen LogP contribution in [0.25, 0.3) is 11.0 Å². The summed E-state index contributed by atoms with van der Waals surface area (Å²) in [6.07, 6.45) is 0.692. The van der Waals surface area contributed by atoms with Crippen LogP contribution in [-0.2, 0) is 17.8 Å². The molecule has 0 unspecified atom stereocenters. The highest BCUT2D eigenvalue weighted by Crippen LogP contribution is 2.20. The molecule has 0 atom stereocenters. The van der Waals surface area contributed by atoms with Crippen molar-refractivity contribution < 1.29 is 13.9 Å². The third-order valence-corrected chi connectivity index (χ3v) is 4.08. The lowest BCUT2D eigenvalue weighted by molar-refractivity contribution is -0.116. The second kappa shape index (κ2) is 7.34. The summed E-state index contributed by atoms with van der Waals surface area (Å²) < 4.78 is 20.6. The summed E-state index contributed by atoms with van der Waals surface area (Å²) in [5.41, 5.74) is 2.58. The van der Waals surface area contributed by atoms with Crippen LogP contribution in [-0.4, -0.2) is 22.6 Å². The number of aromatic nitrogens is 2. The molecule has 0 aliphatic heterocycles. The third kappa shape index (κ3) is 3.63. The van der Waals surface area contributed by atoms with Gasteiger partial charge in [-0.25, -0.2) is 9.37 Å². The molecular formula is C19H20FN3O2. The molecule has 25 heavy (non-hydrogen) atoms. The molecule has 6 heteroatoms. The number of para-hydroxylation sites is 2. The Kier molecular flexibility index (Phi) is 4.97. The van der Waals surface area contributed by atoms with E-state index in [0.29, 0.717) is 18.9 Å². The van der Waals surface area contributed by atoms with Crippen LogP contribution in [0.1, 0.15) is 18.9 Å². The Morgan fingerprint density at radius 1 is 1.28 bits per heavy atom. The van der Waals surface area contributed by atoms with Gasteiger partial charge in [0.05, 0.1) is 18.1 Å². The first-order valence-electron chi connectivity index (χ1n) is 8.20. The highest BCUT2D eigenvalue weighted by Gasteiger charge is 2.12. The lowest BCUT2D eigenvalue weighted by Crippen LogP contribution is -2.16. The second-order valence-electron chi connectivity index (χ2n) is 5.69. The Labute approximate surface area is 145 Å². The maximum absolute atomic E-state index is 13.7. The molecular weight excluding hydrogens is 321 g/mol. The standard InChI is InChI=1S/C19H20FN3O2/c1-3-23-16-7-5-4-6-15(16)21-19(23)22-18(24)11-9-13-8-10-17(25-2)14(20)12-13/h4-8,10,12H,3,9,11H2,1-2H3,(H,21,22,24). The molecule has 0 saturated heterocycles. The highest BCUT2D eigenvalue weighted by molar-refractivity contribution is 5.91. The number of ether oxygens (including phenoxy) is 1. The number of anilines is 1. The molecule has 0 fully saturated rings. The number of hydrogen-bond acceptors (Lipinski definition) is 3. The summed E-state index contributed by atoms with van der Waals surface area (Å²) in [6, 6.07) is 12.5. The van der Waals surface area contributed by atoms with Gasteiger partial charge >= 0.3 is 0 Å². The van der Waals surface area contributed by atoms with E-state index < -0.39 is 5.82 Å². The number of nitrogens with one attached hydrogen (secondary N) is 1. The predicted molar refractivity (Wildman–Crippen MR) is 95.3 cm³/mol. The number of carbonyl (C=O) groups excluding carboxylic acids is 1. The van der Waals surface area contributed by atoms with Gasteiger partial charge in [-0.15, -0.1) is 0 Å². The fourth-order valence-electron chi connectivity index (χ4n) is 2.80. The fourth-order valence-corrected chi connectivity index (χ4v) is 2.80. The number of fused-ring (bicyclic) bond motifs is 1. The lowest BCUT2D eigenvalue weighted by atomic mass is 10.1. The molecule has 3 aromatic rings. The van der Waals surface area contributed by atoms with Gasteiger partial charge in [0.15, 0.2) is 11.6 Å². The zero-order valence-electron chi connectivity index (χ0n) is 14.3. The number of amides is 1. The van der Waals surface area contributed by atoms with Gasteiger partial charge in [-0.05, 0) is 43.2 Å². The molecule has 1 amide bonds. The van der Waals surface area contributed by atoms with Gasteiger partial charge in [-0.1, -0.05) is 18.2 Å². The molecule has 0 bridgehead atoms. The van der Waals surface area contributed by atoms with E-state index in [0.717, 1.165) is 16.6 Å². The first-order chi connectivity index (χ1) is 12.1. The second-order valence-corrected chi connectivity index (χ2v) is 5.69. The smallest absolute Gasteiger partial charge is 0.227 e. The van der Waals surface area contributed by atoms with Gasteiger partial charge < -0.3 is 9.30 Å². The zero-order chi connectivity index (χ0) is 17.8. The van der Waals surface area contributed by atoms with Crippen LogP contribution >= 0.6 is 0 Å². The van der Waals surface area contributed by atoms with Crippen LogP contribution in [0.2, 0.25) is 0 Å². The van der Waals surface area contributed by atoms with Crippen molar-refractivity contribution in [1.29, 1.82) is 0 Å². The summed E-state index contributed by atoms with van der Waals surface area (Å²) in [5, 5.41) is 2.85. The van der Waals surface area contributed by atoms with Crippen molar-refractivity contribution in [2.45, 2.75) is 26.3 Å². The maximum Gasteiger partial charge on any atom is 0.227 e. The van der Waals surface area contributed by atoms with Crippen LogP contribution in [0.15, 0.2) is 42.5 Å². The number of benzene rings is 2. The molecule has 1 aromatic heterocycles. The van der Waals surface area contributed by atoms with Crippen LogP contribution < -0.4 is 10.1 Å². The van der Waals surface area contributed by atoms with Crippen molar-refractivity contribution in [2.75, 3.05) is 12.4 Å². The van der Waals surface area contributed by atoms with E-state index in [4.69, 9.17) is 4.74 Å². The van der Waals surface area contributed by atoms with Gasteiger partial charge in [0, 0.05) is 13.0 Å². The van der Waals surface area contributed by atoms with E-state index in [9.17, 15) is 9.18 Å². The molecule has 0 radical (unpaired) electrons. The Morgan fingerprint density at radius 2 is 2.08 bits per heavy atom. The number of hydrogen-bond donors (Lipinski definition) is 1. The van der Waals surface area contributed by atoms with E-state index in [-0.39, 0.29) is 18.1 Å². The molecule has 1 heterocycles. The average Bonchev–Trinajstić information content (AvgIpc) is 2.97. The van der Waals surface area contributed by atoms with E-state index in [1.165, 1.54) is 13.2 Å². The number of halogens is 1. The molecule has 130 valence electrons. The normalized spacial score (nSPS) is 10.8. The van der Waals surface area contributed by atoms with E-state index in [2.05, 4.69) is 10.3 Å². The first kappa shape index (κ1) is 17.0. The molecule has 5 nitrogen and oxygen atoms in total. The average molecular weight is 341 g/mol. The molecule has 0 aliphatic carbocycles. The molecule has 0 aliphatic rings. The zero-order valence-corrected chi connectivity index (χ0v) is 14.3. The molecule has 3 rings (SSSR count). The minimum atomic E-state index is -0.423. The molecule has 2 aromatic carbocycles. The Balaban J connectivity index is 1.68. The number of imidazole rings is 1. The van der Waals surface area contributed by atoms with Crippen LogP contribution in [0.3, 0.4) is 0 Å². The summed E-state index contributed by atoms with van der Waals surface area (Å²) in [7, 11) is 1.42.